The summed E-state index contributed by atoms with van der Waals surface area (Å²) in [5.41, 5.74) is 2.28. The molecule has 1 aromatic carbocycles. The maximum atomic E-state index is 11.8. The van der Waals surface area contributed by atoms with Gasteiger partial charge in [-0.2, -0.15) is 0 Å². The van der Waals surface area contributed by atoms with Crippen molar-refractivity contribution in [3.8, 4) is 5.75 Å². The lowest BCUT2D eigenvalue weighted by molar-refractivity contribution is -0.237. The van der Waals surface area contributed by atoms with E-state index in [0.29, 0.717) is 0 Å². The van der Waals surface area contributed by atoms with Gasteiger partial charge in [0, 0.05) is 0 Å². The largest absolute Gasteiger partial charge is 0.559 e. The van der Waals surface area contributed by atoms with Crippen molar-refractivity contribution in [3.63, 3.8) is 0 Å². The average molecular weight is 256 g/mol. The van der Waals surface area contributed by atoms with E-state index in [9.17, 15) is 22.0 Å². The summed E-state index contributed by atoms with van der Waals surface area (Å²) in [6, 6.07) is 5.87. The fourth-order valence-corrected chi connectivity index (χ4v) is 1.17. The normalized spacial score (nSPS) is 10.5. The first-order chi connectivity index (χ1) is 7.72. The van der Waals surface area contributed by atoms with Crippen molar-refractivity contribution in [2.24, 2.45) is 0 Å². The fourth-order valence-electron chi connectivity index (χ4n) is 1.17. The van der Waals surface area contributed by atoms with Gasteiger partial charge in [0.15, 0.2) is 0 Å². The summed E-state index contributed by atoms with van der Waals surface area (Å²) in [5, 5.41) is 0. The minimum absolute atomic E-state index is 0.142. The molecule has 0 amide bonds. The quantitative estimate of drug-likeness (QED) is 0.739. The molecule has 0 aromatic heterocycles. The summed E-state index contributed by atoms with van der Waals surface area (Å²) in [5.74, 6) is 0.755. The predicted octanol–water partition coefficient (Wildman–Crippen LogP) is 4.13. The predicted molar refractivity (Wildman–Crippen MR) is 54.5 cm³/mol. The Balaban J connectivity index is 0.000000437. The maximum Gasteiger partial charge on any atom is 0.559 e. The van der Waals surface area contributed by atoms with E-state index in [4.69, 9.17) is 4.74 Å². The zero-order chi connectivity index (χ0) is 13.5. The molecule has 98 valence electrons. The van der Waals surface area contributed by atoms with E-state index in [1.54, 1.807) is 0 Å². The molecule has 0 aliphatic carbocycles. The second-order valence-corrected chi connectivity index (χ2v) is 3.29. The second-order valence-electron chi connectivity index (χ2n) is 3.29. The van der Waals surface area contributed by atoms with E-state index in [2.05, 4.69) is 6.07 Å². The van der Waals surface area contributed by atoms with Crippen LogP contribution < -0.4 is 4.74 Å². The topological polar surface area (TPSA) is 9.23 Å². The number of benzene rings is 1. The van der Waals surface area contributed by atoms with E-state index in [1.165, 1.54) is 0 Å². The molecule has 0 heterocycles. The van der Waals surface area contributed by atoms with Crippen LogP contribution in [0, 0.1) is 13.8 Å². The van der Waals surface area contributed by atoms with Gasteiger partial charge in [0.05, 0.1) is 0 Å². The van der Waals surface area contributed by atoms with Crippen LogP contribution in [0.3, 0.4) is 0 Å². The third-order valence-corrected chi connectivity index (χ3v) is 1.54. The molecular weight excluding hydrogens is 243 g/mol. The SMILES string of the molecule is Cc1cc(C)cc(OCCF)c1.FC(F)(F)F. The highest BCUT2D eigenvalue weighted by atomic mass is 19.5. The third kappa shape index (κ3) is 10.9. The minimum Gasteiger partial charge on any atom is -0.491 e. The molecule has 0 saturated heterocycles. The minimum atomic E-state index is -5.50. The molecule has 0 fully saturated rings. The highest BCUT2D eigenvalue weighted by Gasteiger charge is 2.24. The molecule has 0 radical (unpaired) electrons. The summed E-state index contributed by atoms with van der Waals surface area (Å²) >= 11 is 0. The van der Waals surface area contributed by atoms with E-state index in [0.717, 1.165) is 16.9 Å². The lowest BCUT2D eigenvalue weighted by Gasteiger charge is -2.05. The molecule has 0 unspecified atom stereocenters. The van der Waals surface area contributed by atoms with Crippen LogP contribution >= 0.6 is 0 Å². The number of aryl methyl sites for hydroxylation is 2. The number of halogens is 5. The van der Waals surface area contributed by atoms with Crippen LogP contribution in [0.25, 0.3) is 0 Å². The molecule has 0 N–H and O–H groups in total. The summed E-state index contributed by atoms with van der Waals surface area (Å²) in [6.07, 6.45) is -5.50. The molecule has 6 heteroatoms. The van der Waals surface area contributed by atoms with Crippen LogP contribution in [0.1, 0.15) is 11.1 Å². The monoisotopic (exact) mass is 256 g/mol. The second kappa shape index (κ2) is 7.09. The van der Waals surface area contributed by atoms with Crippen LogP contribution in [0.15, 0.2) is 18.2 Å². The van der Waals surface area contributed by atoms with Crippen molar-refractivity contribution < 1.29 is 26.7 Å². The van der Waals surface area contributed by atoms with Gasteiger partial charge in [0.1, 0.15) is 19.0 Å². The van der Waals surface area contributed by atoms with Crippen molar-refractivity contribution in [2.45, 2.75) is 20.3 Å². The standard InChI is InChI=1S/C10H13FO.CF4/c1-8-5-9(2)7-10(6-8)12-4-3-11;2-1(3,4)5/h5-7H,3-4H2,1-2H3;. The Kier molecular flexibility index (Phi) is 6.53. The molecule has 1 rings (SSSR count). The summed E-state index contributed by atoms with van der Waals surface area (Å²) in [7, 11) is 0. The molecule has 17 heavy (non-hydrogen) atoms. The van der Waals surface area contributed by atoms with Gasteiger partial charge in [-0.25, -0.2) is 4.39 Å². The molecule has 0 spiro atoms. The molecule has 1 nitrogen and oxygen atoms in total. The van der Waals surface area contributed by atoms with Gasteiger partial charge >= 0.3 is 6.43 Å². The van der Waals surface area contributed by atoms with Crippen molar-refractivity contribution in [1.82, 2.24) is 0 Å². The van der Waals surface area contributed by atoms with Crippen LogP contribution in [0.2, 0.25) is 0 Å². The molecular formula is C11H13F5O. The van der Waals surface area contributed by atoms with Crippen molar-refractivity contribution in [3.05, 3.63) is 29.3 Å². The first kappa shape index (κ1) is 15.7. The fraction of sp³-hybridized carbons (Fsp3) is 0.455. The third-order valence-electron chi connectivity index (χ3n) is 1.54. The zero-order valence-corrected chi connectivity index (χ0v) is 9.44. The van der Waals surface area contributed by atoms with Crippen LogP contribution in [0.5, 0.6) is 5.75 Å². The van der Waals surface area contributed by atoms with E-state index >= 15 is 0 Å². The Morgan fingerprint density at radius 1 is 1.00 bits per heavy atom. The van der Waals surface area contributed by atoms with Gasteiger partial charge < -0.3 is 4.74 Å². The Bertz CT molecular complexity index is 309. The number of rotatable bonds is 3. The molecule has 0 saturated carbocycles. The van der Waals surface area contributed by atoms with E-state index < -0.39 is 13.1 Å². The average Bonchev–Trinajstić information content (AvgIpc) is 2.10. The molecule has 0 aliphatic heterocycles. The van der Waals surface area contributed by atoms with Gasteiger partial charge in [-0.05, 0) is 37.1 Å². The zero-order valence-electron chi connectivity index (χ0n) is 9.44. The Hall–Kier alpha value is -1.33. The van der Waals surface area contributed by atoms with Gasteiger partial charge in [0.2, 0.25) is 0 Å². The van der Waals surface area contributed by atoms with Crippen LogP contribution in [0.4, 0.5) is 22.0 Å². The number of hydrogen-bond donors (Lipinski definition) is 0. The molecule has 0 aliphatic rings. The van der Waals surface area contributed by atoms with Crippen molar-refractivity contribution >= 4 is 0 Å². The highest BCUT2D eigenvalue weighted by molar-refractivity contribution is 5.32. The van der Waals surface area contributed by atoms with Gasteiger partial charge in [-0.1, -0.05) is 6.07 Å². The van der Waals surface area contributed by atoms with Gasteiger partial charge in [-0.15, -0.1) is 17.6 Å². The lowest BCUT2D eigenvalue weighted by atomic mass is 10.1. The number of hydrogen-bond acceptors (Lipinski definition) is 1. The smallest absolute Gasteiger partial charge is 0.491 e. The van der Waals surface area contributed by atoms with Crippen LogP contribution in [-0.2, 0) is 0 Å². The summed E-state index contributed by atoms with van der Waals surface area (Å²) in [4.78, 5) is 0. The maximum absolute atomic E-state index is 11.8. The molecule has 0 atom stereocenters. The summed E-state index contributed by atoms with van der Waals surface area (Å²) in [6.45, 7) is 3.69. The number of ether oxygens (including phenoxy) is 1. The highest BCUT2D eigenvalue weighted by Crippen LogP contribution is 2.15. The number of alkyl halides is 5. The Morgan fingerprint density at radius 3 is 1.76 bits per heavy atom. The van der Waals surface area contributed by atoms with Gasteiger partial charge in [0.25, 0.3) is 0 Å². The van der Waals surface area contributed by atoms with Gasteiger partial charge in [-0.3, -0.25) is 0 Å². The molecule has 1 aromatic rings. The first-order valence-electron chi connectivity index (χ1n) is 4.75. The van der Waals surface area contributed by atoms with E-state index in [-0.39, 0.29) is 6.61 Å². The van der Waals surface area contributed by atoms with Crippen molar-refractivity contribution in [1.29, 1.82) is 0 Å². The Morgan fingerprint density at radius 2 is 1.41 bits per heavy atom. The van der Waals surface area contributed by atoms with E-state index in [1.807, 2.05) is 26.0 Å². The van der Waals surface area contributed by atoms with Crippen molar-refractivity contribution in [2.75, 3.05) is 13.3 Å². The Labute approximate surface area is 96.2 Å². The summed E-state index contributed by atoms with van der Waals surface area (Å²) < 4.78 is 55.6. The lowest BCUT2D eigenvalue weighted by Crippen LogP contribution is -1.98. The molecule has 0 bridgehead atoms. The van der Waals surface area contributed by atoms with Crippen LogP contribution in [-0.4, -0.2) is 19.7 Å². The first-order valence-corrected chi connectivity index (χ1v) is 4.75.